The number of methoxy groups -OCH3 is 1. The number of hydrogen-bond donors (Lipinski definition) is 3. The number of tetrazole rings is 1. The first-order valence-electron chi connectivity index (χ1n) is 8.57. The van der Waals surface area contributed by atoms with Gasteiger partial charge in [0.1, 0.15) is 17.5 Å². The molecule has 0 aliphatic carbocycles. The lowest BCUT2D eigenvalue weighted by Gasteiger charge is -2.28. The van der Waals surface area contributed by atoms with Crippen LogP contribution >= 0.6 is 0 Å². The normalized spacial score (nSPS) is 15.6. The third-order valence-electron chi connectivity index (χ3n) is 4.52. The third-order valence-corrected chi connectivity index (χ3v) is 4.52. The number of fused-ring (bicyclic) bond motifs is 1. The molecule has 0 spiro atoms. The fourth-order valence-electron chi connectivity index (χ4n) is 3.21. The molecular formula is C19H18N6O3. The quantitative estimate of drug-likeness (QED) is 0.638. The first-order valence-corrected chi connectivity index (χ1v) is 8.57. The molecule has 1 aliphatic rings. The Bertz CT molecular complexity index is 1060. The van der Waals surface area contributed by atoms with Crippen LogP contribution in [0.25, 0.3) is 0 Å². The minimum Gasteiger partial charge on any atom is -0.508 e. The number of carbonyl (C=O) groups is 1. The van der Waals surface area contributed by atoms with Crippen LogP contribution in [0.3, 0.4) is 0 Å². The van der Waals surface area contributed by atoms with Crippen molar-refractivity contribution in [3.8, 4) is 11.5 Å². The molecule has 142 valence electrons. The fourth-order valence-corrected chi connectivity index (χ4v) is 3.21. The van der Waals surface area contributed by atoms with Crippen LogP contribution in [0.4, 0.5) is 11.6 Å². The van der Waals surface area contributed by atoms with Gasteiger partial charge < -0.3 is 20.5 Å². The Kier molecular flexibility index (Phi) is 4.40. The van der Waals surface area contributed by atoms with Crippen LogP contribution in [0.5, 0.6) is 11.5 Å². The number of aromatic nitrogens is 4. The van der Waals surface area contributed by atoms with E-state index in [1.165, 1.54) is 4.68 Å². The molecule has 3 aromatic rings. The van der Waals surface area contributed by atoms with Crippen molar-refractivity contribution in [2.24, 2.45) is 0 Å². The predicted octanol–water partition coefficient (Wildman–Crippen LogP) is 2.31. The summed E-state index contributed by atoms with van der Waals surface area (Å²) in [6.07, 6.45) is 0. The smallest absolute Gasteiger partial charge is 0.255 e. The fraction of sp³-hybridized carbons (Fsp3) is 0.158. The molecule has 0 fully saturated rings. The van der Waals surface area contributed by atoms with E-state index in [0.717, 1.165) is 5.56 Å². The molecule has 0 unspecified atom stereocenters. The standard InChI is InChI=1S/C19H18N6O3/c1-11-16(18(27)21-14-5-3-4-6-15(14)28-2)17(12-7-9-13(26)10-8-12)25-19(20-11)22-23-24-25/h3-10,17,26H,1-2H3,(H,21,27)(H,20,22,24)/t17-/m0/s1. The number of allylic oxidation sites excluding steroid dienone is 1. The molecule has 9 heteroatoms. The monoisotopic (exact) mass is 378 g/mol. The van der Waals surface area contributed by atoms with Gasteiger partial charge in [-0.2, -0.15) is 4.68 Å². The van der Waals surface area contributed by atoms with Gasteiger partial charge in [-0.15, -0.1) is 0 Å². The molecule has 2 aromatic carbocycles. The molecule has 1 aliphatic heterocycles. The number of benzene rings is 2. The summed E-state index contributed by atoms with van der Waals surface area (Å²) in [4.78, 5) is 13.2. The molecule has 1 atom stereocenters. The first-order chi connectivity index (χ1) is 13.6. The SMILES string of the molecule is COc1ccccc1NC(=O)C1=C(C)Nc2nnnn2[C@H]1c1ccc(O)cc1. The number of phenols is 1. The molecule has 2 heterocycles. The van der Waals surface area contributed by atoms with E-state index in [1.54, 1.807) is 50.4 Å². The van der Waals surface area contributed by atoms with Crippen LogP contribution in [-0.4, -0.2) is 38.3 Å². The highest BCUT2D eigenvalue weighted by Gasteiger charge is 2.34. The van der Waals surface area contributed by atoms with E-state index in [4.69, 9.17) is 4.74 Å². The minimum atomic E-state index is -0.554. The molecule has 4 rings (SSSR count). The Morgan fingerprint density at radius 3 is 2.71 bits per heavy atom. The number of para-hydroxylation sites is 2. The van der Waals surface area contributed by atoms with E-state index >= 15 is 0 Å². The number of aromatic hydroxyl groups is 1. The number of nitrogens with zero attached hydrogens (tertiary/aromatic N) is 4. The zero-order valence-electron chi connectivity index (χ0n) is 15.2. The average molecular weight is 378 g/mol. The number of anilines is 2. The second kappa shape index (κ2) is 7.03. The maximum Gasteiger partial charge on any atom is 0.255 e. The van der Waals surface area contributed by atoms with Gasteiger partial charge in [-0.05, 0) is 47.2 Å². The summed E-state index contributed by atoms with van der Waals surface area (Å²) in [6.45, 7) is 1.79. The van der Waals surface area contributed by atoms with E-state index in [0.29, 0.717) is 28.7 Å². The zero-order valence-corrected chi connectivity index (χ0v) is 15.2. The molecule has 1 aromatic heterocycles. The minimum absolute atomic E-state index is 0.135. The Labute approximate surface area is 160 Å². The summed E-state index contributed by atoms with van der Waals surface area (Å²) in [5, 5.41) is 27.3. The van der Waals surface area contributed by atoms with Crippen molar-refractivity contribution in [3.63, 3.8) is 0 Å². The summed E-state index contributed by atoms with van der Waals surface area (Å²) in [5.74, 6) is 0.815. The summed E-state index contributed by atoms with van der Waals surface area (Å²) < 4.78 is 6.86. The second-order valence-corrected chi connectivity index (χ2v) is 6.26. The number of hydrogen-bond acceptors (Lipinski definition) is 7. The van der Waals surface area contributed by atoms with E-state index in [-0.39, 0.29) is 11.7 Å². The van der Waals surface area contributed by atoms with Crippen molar-refractivity contribution in [3.05, 3.63) is 65.4 Å². The van der Waals surface area contributed by atoms with Crippen molar-refractivity contribution in [1.29, 1.82) is 0 Å². The van der Waals surface area contributed by atoms with Gasteiger partial charge in [0.2, 0.25) is 5.95 Å². The van der Waals surface area contributed by atoms with Gasteiger partial charge in [-0.3, -0.25) is 4.79 Å². The van der Waals surface area contributed by atoms with Crippen molar-refractivity contribution < 1.29 is 14.6 Å². The first kappa shape index (κ1) is 17.5. The van der Waals surface area contributed by atoms with Crippen molar-refractivity contribution >= 4 is 17.5 Å². The number of carbonyl (C=O) groups excluding carboxylic acids is 1. The molecule has 0 radical (unpaired) electrons. The summed E-state index contributed by atoms with van der Waals surface area (Å²) in [7, 11) is 1.55. The van der Waals surface area contributed by atoms with Crippen LogP contribution in [0.2, 0.25) is 0 Å². The zero-order chi connectivity index (χ0) is 19.7. The van der Waals surface area contributed by atoms with Crippen LogP contribution in [0.15, 0.2) is 59.8 Å². The molecule has 0 bridgehead atoms. The highest BCUT2D eigenvalue weighted by Crippen LogP contribution is 2.36. The van der Waals surface area contributed by atoms with E-state index < -0.39 is 6.04 Å². The van der Waals surface area contributed by atoms with E-state index in [9.17, 15) is 9.90 Å². The number of phenolic OH excluding ortho intramolecular Hbond substituents is 1. The second-order valence-electron chi connectivity index (χ2n) is 6.26. The molecule has 1 amide bonds. The summed E-state index contributed by atoms with van der Waals surface area (Å²) in [5.41, 5.74) is 2.41. The average Bonchev–Trinajstić information content (AvgIpc) is 3.16. The van der Waals surface area contributed by atoms with Crippen LogP contribution in [0.1, 0.15) is 18.5 Å². The number of rotatable bonds is 4. The summed E-state index contributed by atoms with van der Waals surface area (Å²) >= 11 is 0. The van der Waals surface area contributed by atoms with Gasteiger partial charge in [0, 0.05) is 5.70 Å². The third kappa shape index (κ3) is 3.02. The molecule has 0 saturated heterocycles. The van der Waals surface area contributed by atoms with Gasteiger partial charge in [0.25, 0.3) is 5.91 Å². The van der Waals surface area contributed by atoms with E-state index in [1.807, 2.05) is 12.1 Å². The van der Waals surface area contributed by atoms with Crippen molar-refractivity contribution in [2.75, 3.05) is 17.7 Å². The van der Waals surface area contributed by atoms with E-state index in [2.05, 4.69) is 26.2 Å². The Hall–Kier alpha value is -3.88. The Morgan fingerprint density at radius 1 is 1.21 bits per heavy atom. The van der Waals surface area contributed by atoms with Crippen molar-refractivity contribution in [2.45, 2.75) is 13.0 Å². The molecular weight excluding hydrogens is 360 g/mol. The number of ether oxygens (including phenoxy) is 1. The highest BCUT2D eigenvalue weighted by molar-refractivity contribution is 6.06. The lowest BCUT2D eigenvalue weighted by atomic mass is 9.95. The highest BCUT2D eigenvalue weighted by atomic mass is 16.5. The van der Waals surface area contributed by atoms with Gasteiger partial charge >= 0.3 is 0 Å². The van der Waals surface area contributed by atoms with Gasteiger partial charge in [0.15, 0.2) is 0 Å². The van der Waals surface area contributed by atoms with Gasteiger partial charge in [0.05, 0.1) is 18.4 Å². The van der Waals surface area contributed by atoms with Crippen LogP contribution in [-0.2, 0) is 4.79 Å². The lowest BCUT2D eigenvalue weighted by molar-refractivity contribution is -0.113. The van der Waals surface area contributed by atoms with Gasteiger partial charge in [-0.1, -0.05) is 29.4 Å². The largest absolute Gasteiger partial charge is 0.508 e. The number of amides is 1. The maximum atomic E-state index is 13.2. The predicted molar refractivity (Wildman–Crippen MR) is 102 cm³/mol. The Morgan fingerprint density at radius 2 is 1.96 bits per heavy atom. The van der Waals surface area contributed by atoms with Crippen LogP contribution in [0, 0.1) is 0 Å². The van der Waals surface area contributed by atoms with Crippen LogP contribution < -0.4 is 15.4 Å². The van der Waals surface area contributed by atoms with Crippen molar-refractivity contribution in [1.82, 2.24) is 20.2 Å². The lowest BCUT2D eigenvalue weighted by Crippen LogP contribution is -2.31. The molecule has 3 N–H and O–H groups in total. The van der Waals surface area contributed by atoms with Gasteiger partial charge in [-0.25, -0.2) is 0 Å². The maximum absolute atomic E-state index is 13.2. The molecule has 28 heavy (non-hydrogen) atoms. The Balaban J connectivity index is 1.76. The molecule has 0 saturated carbocycles. The summed E-state index contributed by atoms with van der Waals surface area (Å²) in [6, 6.07) is 13.2. The number of nitrogens with one attached hydrogen (secondary N) is 2. The topological polar surface area (TPSA) is 114 Å². The molecule has 9 nitrogen and oxygen atoms in total.